The van der Waals surface area contributed by atoms with E-state index in [0.29, 0.717) is 0 Å². The lowest BCUT2D eigenvalue weighted by molar-refractivity contribution is -0.126. The molecule has 2 amide bonds. The molecule has 3 nitrogen and oxygen atoms in total. The van der Waals surface area contributed by atoms with Gasteiger partial charge in [-0.1, -0.05) is 83.3 Å². The molecule has 124 valence electrons. The second-order valence-corrected chi connectivity index (χ2v) is 7.19. The molecule has 2 atom stereocenters. The quantitative estimate of drug-likeness (QED) is 0.427. The van der Waals surface area contributed by atoms with Crippen molar-refractivity contribution in [1.29, 1.82) is 0 Å². The first-order chi connectivity index (χ1) is 11.7. The van der Waals surface area contributed by atoms with Gasteiger partial charge in [-0.2, -0.15) is 0 Å². The summed E-state index contributed by atoms with van der Waals surface area (Å²) in [6.45, 7) is 0. The van der Waals surface area contributed by atoms with Gasteiger partial charge in [-0.25, -0.2) is 0 Å². The lowest BCUT2D eigenvalue weighted by atomic mass is 9.74. The van der Waals surface area contributed by atoms with E-state index in [-0.39, 0.29) is 29.6 Å². The van der Waals surface area contributed by atoms with Crippen LogP contribution in [0.2, 0.25) is 0 Å². The highest BCUT2D eigenvalue weighted by molar-refractivity contribution is 14.1. The summed E-state index contributed by atoms with van der Waals surface area (Å²) in [5.74, 6) is -0.955. The van der Waals surface area contributed by atoms with Gasteiger partial charge in [-0.3, -0.25) is 14.9 Å². The maximum atomic E-state index is 12.6. The van der Waals surface area contributed by atoms with Crippen LogP contribution in [0.1, 0.15) is 29.9 Å². The minimum Gasteiger partial charge on any atom is -0.296 e. The van der Waals surface area contributed by atoms with Crippen molar-refractivity contribution < 1.29 is 9.59 Å². The smallest absolute Gasteiger partial charge is 0.231 e. The van der Waals surface area contributed by atoms with Crippen molar-refractivity contribution in [3.63, 3.8) is 0 Å². The number of benzene rings is 2. The highest BCUT2D eigenvalue weighted by Crippen LogP contribution is 2.40. The van der Waals surface area contributed by atoms with E-state index in [1.165, 1.54) is 0 Å². The van der Waals surface area contributed by atoms with Crippen LogP contribution >= 0.6 is 22.6 Å². The summed E-state index contributed by atoms with van der Waals surface area (Å²) in [5, 5.41) is 2.57. The first-order valence-corrected chi connectivity index (χ1v) is 9.75. The monoisotopic (exact) mass is 433 g/mol. The Morgan fingerprint density at radius 2 is 1.42 bits per heavy atom. The summed E-state index contributed by atoms with van der Waals surface area (Å²) in [4.78, 5) is 24.9. The Bertz CT molecular complexity index is 663. The molecular formula is C20H20INO2. The molecule has 0 radical (unpaired) electrons. The molecular weight excluding hydrogens is 413 g/mol. The summed E-state index contributed by atoms with van der Waals surface area (Å²) in [5.41, 5.74) is 2.16. The summed E-state index contributed by atoms with van der Waals surface area (Å²) in [6, 6.07) is 20.1. The molecule has 2 aromatic carbocycles. The van der Waals surface area contributed by atoms with Crippen LogP contribution in [0.5, 0.6) is 0 Å². The van der Waals surface area contributed by atoms with Crippen LogP contribution < -0.4 is 5.32 Å². The van der Waals surface area contributed by atoms with E-state index in [1.807, 2.05) is 60.7 Å². The van der Waals surface area contributed by atoms with E-state index in [1.54, 1.807) is 0 Å². The third kappa shape index (κ3) is 3.53. The lowest BCUT2D eigenvalue weighted by Gasteiger charge is -2.26. The molecule has 3 rings (SSSR count). The largest absolute Gasteiger partial charge is 0.296 e. The summed E-state index contributed by atoms with van der Waals surface area (Å²) < 4.78 is 0.990. The number of amides is 2. The van der Waals surface area contributed by atoms with Crippen molar-refractivity contribution >= 4 is 34.4 Å². The Morgan fingerprint density at radius 3 is 1.92 bits per heavy atom. The first-order valence-electron chi connectivity index (χ1n) is 8.23. The highest BCUT2D eigenvalue weighted by atomic mass is 127. The van der Waals surface area contributed by atoms with Crippen LogP contribution in [0.4, 0.5) is 0 Å². The van der Waals surface area contributed by atoms with Crippen molar-refractivity contribution in [2.45, 2.75) is 18.8 Å². The summed E-state index contributed by atoms with van der Waals surface area (Å²) >= 11 is 2.32. The lowest BCUT2D eigenvalue weighted by Crippen LogP contribution is -2.27. The number of alkyl halides is 1. The molecule has 0 spiro atoms. The van der Waals surface area contributed by atoms with E-state index in [0.717, 1.165) is 28.4 Å². The van der Waals surface area contributed by atoms with E-state index < -0.39 is 0 Å². The van der Waals surface area contributed by atoms with Crippen LogP contribution in [0.25, 0.3) is 0 Å². The Kier molecular flexibility index (Phi) is 5.66. The molecule has 24 heavy (non-hydrogen) atoms. The van der Waals surface area contributed by atoms with E-state index >= 15 is 0 Å². The molecule has 1 aliphatic rings. The van der Waals surface area contributed by atoms with Gasteiger partial charge in [0.05, 0.1) is 11.8 Å². The van der Waals surface area contributed by atoms with Gasteiger partial charge in [0.15, 0.2) is 0 Å². The van der Waals surface area contributed by atoms with Crippen molar-refractivity contribution in [1.82, 2.24) is 5.32 Å². The van der Waals surface area contributed by atoms with Gasteiger partial charge >= 0.3 is 0 Å². The second kappa shape index (κ2) is 7.92. The number of imide groups is 1. The molecule has 4 heteroatoms. The van der Waals surface area contributed by atoms with Crippen LogP contribution in [0, 0.1) is 11.8 Å². The molecule has 1 N–H and O–H groups in total. The zero-order valence-electron chi connectivity index (χ0n) is 13.3. The van der Waals surface area contributed by atoms with Gasteiger partial charge in [0.25, 0.3) is 0 Å². The molecule has 1 saturated heterocycles. The maximum Gasteiger partial charge on any atom is 0.231 e. The molecule has 1 heterocycles. The topological polar surface area (TPSA) is 46.2 Å². The van der Waals surface area contributed by atoms with Crippen molar-refractivity contribution in [3.8, 4) is 0 Å². The maximum absolute atomic E-state index is 12.6. The van der Waals surface area contributed by atoms with Crippen LogP contribution in [0.15, 0.2) is 60.7 Å². The van der Waals surface area contributed by atoms with E-state index in [4.69, 9.17) is 0 Å². The fourth-order valence-electron chi connectivity index (χ4n) is 3.56. The normalized spacial score (nSPS) is 20.4. The Labute approximate surface area is 156 Å². The zero-order chi connectivity index (χ0) is 16.9. The molecule has 2 aromatic rings. The zero-order valence-corrected chi connectivity index (χ0v) is 15.5. The molecule has 0 aromatic heterocycles. The summed E-state index contributed by atoms with van der Waals surface area (Å²) in [6.07, 6.45) is 1.69. The molecule has 1 aliphatic heterocycles. The van der Waals surface area contributed by atoms with E-state index in [9.17, 15) is 9.59 Å². The van der Waals surface area contributed by atoms with Crippen molar-refractivity contribution in [2.75, 3.05) is 4.43 Å². The number of nitrogens with one attached hydrogen (secondary N) is 1. The number of hydrogen-bond donors (Lipinski definition) is 1. The number of carbonyl (C=O) groups is 2. The number of rotatable bonds is 6. The minimum absolute atomic E-state index is 0.0990. The van der Waals surface area contributed by atoms with Gasteiger partial charge in [-0.15, -0.1) is 0 Å². The number of hydrogen-bond acceptors (Lipinski definition) is 2. The minimum atomic E-state index is -0.342. The predicted molar refractivity (Wildman–Crippen MR) is 103 cm³/mol. The summed E-state index contributed by atoms with van der Waals surface area (Å²) in [7, 11) is 0. The highest BCUT2D eigenvalue weighted by Gasteiger charge is 2.46. The van der Waals surface area contributed by atoms with Gasteiger partial charge in [0.1, 0.15) is 0 Å². The second-order valence-electron chi connectivity index (χ2n) is 6.12. The Hall–Kier alpha value is -1.69. The van der Waals surface area contributed by atoms with Crippen LogP contribution in [-0.2, 0) is 9.59 Å². The van der Waals surface area contributed by atoms with Gasteiger partial charge < -0.3 is 0 Å². The number of carbonyl (C=O) groups excluding carboxylic acids is 2. The third-order valence-corrected chi connectivity index (χ3v) is 5.41. The SMILES string of the molecule is O=C1NC(=O)[C@@H](C(c2ccccc2)c2ccccc2)[C@@H]1CCCI. The number of halogens is 1. The van der Waals surface area contributed by atoms with Crippen LogP contribution in [0.3, 0.4) is 0 Å². The fraction of sp³-hybridized carbons (Fsp3) is 0.300. The van der Waals surface area contributed by atoms with Gasteiger partial charge in [-0.05, 0) is 28.4 Å². The third-order valence-electron chi connectivity index (χ3n) is 4.64. The molecule has 0 aliphatic carbocycles. The first kappa shape index (κ1) is 17.1. The van der Waals surface area contributed by atoms with Gasteiger partial charge in [0, 0.05) is 5.92 Å². The Balaban J connectivity index is 2.04. The van der Waals surface area contributed by atoms with Crippen molar-refractivity contribution in [2.24, 2.45) is 11.8 Å². The predicted octanol–water partition coefficient (Wildman–Crippen LogP) is 3.92. The average molecular weight is 433 g/mol. The standard InChI is InChI=1S/C20H20INO2/c21-13-7-12-16-18(20(24)22-19(16)23)17(14-8-3-1-4-9-14)15-10-5-2-6-11-15/h1-6,8-11,16-18H,7,12-13H2,(H,22,23,24)/t16-,18+/m0/s1. The van der Waals surface area contributed by atoms with E-state index in [2.05, 4.69) is 27.9 Å². The Morgan fingerprint density at radius 1 is 0.875 bits per heavy atom. The van der Waals surface area contributed by atoms with Crippen LogP contribution in [-0.4, -0.2) is 16.2 Å². The molecule has 0 unspecified atom stereocenters. The molecule has 0 bridgehead atoms. The van der Waals surface area contributed by atoms with Crippen molar-refractivity contribution in [3.05, 3.63) is 71.8 Å². The molecule has 0 saturated carbocycles. The van der Waals surface area contributed by atoms with Gasteiger partial charge in [0.2, 0.25) is 11.8 Å². The fourth-order valence-corrected chi connectivity index (χ4v) is 4.00. The average Bonchev–Trinajstić information content (AvgIpc) is 2.89. The molecule has 1 fully saturated rings.